The number of aliphatic hydroxyl groups excluding tert-OH is 1. The number of nitrogens with zero attached hydrogens (tertiary/aromatic N) is 1. The number of benzene rings is 1. The van der Waals surface area contributed by atoms with Gasteiger partial charge >= 0.3 is 0 Å². The molecule has 3 aliphatic carbocycles. The van der Waals surface area contributed by atoms with Gasteiger partial charge in [-0.25, -0.2) is 0 Å². The van der Waals surface area contributed by atoms with Crippen molar-refractivity contribution >= 4 is 16.6 Å². The molecule has 5 nitrogen and oxygen atoms in total. The van der Waals surface area contributed by atoms with E-state index >= 15 is 0 Å². The second kappa shape index (κ2) is 7.64. The Kier molecular flexibility index (Phi) is 4.82. The van der Waals surface area contributed by atoms with E-state index in [0.29, 0.717) is 18.4 Å². The predicted octanol–water partition coefficient (Wildman–Crippen LogP) is 4.48. The fraction of sp³-hybridized carbons (Fsp3) is 0.429. The molecule has 33 heavy (non-hydrogen) atoms. The van der Waals surface area contributed by atoms with Gasteiger partial charge in [-0.3, -0.25) is 9.78 Å². The van der Waals surface area contributed by atoms with E-state index in [2.05, 4.69) is 42.3 Å². The molecule has 0 radical (unpaired) electrons. The molecule has 4 aliphatic rings. The number of carbonyl (C=O) groups is 1. The Hall–Kier alpha value is -2.76. The zero-order chi connectivity index (χ0) is 22.7. The highest BCUT2D eigenvalue weighted by molar-refractivity contribution is 6.00. The first-order chi connectivity index (χ1) is 16.0. The minimum atomic E-state index is -0.147. The molecule has 0 bridgehead atoms. The van der Waals surface area contributed by atoms with Crippen molar-refractivity contribution in [1.29, 1.82) is 0 Å². The lowest BCUT2D eigenvalue weighted by Gasteiger charge is -2.44. The van der Waals surface area contributed by atoms with Crippen LogP contribution in [0.25, 0.3) is 10.8 Å². The zero-order valence-corrected chi connectivity index (χ0v) is 19.0. The first-order valence-electron chi connectivity index (χ1n) is 11.8. The summed E-state index contributed by atoms with van der Waals surface area (Å²) in [7, 11) is 1.80. The fourth-order valence-electron chi connectivity index (χ4n) is 6.63. The normalized spacial score (nSPS) is 35.1. The molecule has 1 aliphatic heterocycles. The van der Waals surface area contributed by atoms with Gasteiger partial charge in [-0.2, -0.15) is 0 Å². The molecule has 0 saturated heterocycles. The molecule has 1 aromatic heterocycles. The number of ether oxygens (including phenoxy) is 2. The molecular weight excluding hydrogens is 414 g/mol. The summed E-state index contributed by atoms with van der Waals surface area (Å²) >= 11 is 0. The molecule has 1 aromatic carbocycles. The van der Waals surface area contributed by atoms with Gasteiger partial charge in [0.15, 0.2) is 5.78 Å². The molecular formula is C28H29NO4. The minimum absolute atomic E-state index is 0.0127. The second-order valence-electron chi connectivity index (χ2n) is 10.2. The van der Waals surface area contributed by atoms with E-state index in [4.69, 9.17) is 9.47 Å². The van der Waals surface area contributed by atoms with Crippen molar-refractivity contribution < 1.29 is 19.4 Å². The molecule has 0 spiro atoms. The number of hydrogen-bond acceptors (Lipinski definition) is 5. The molecule has 170 valence electrons. The van der Waals surface area contributed by atoms with Gasteiger partial charge in [0.25, 0.3) is 0 Å². The molecule has 6 atom stereocenters. The topological polar surface area (TPSA) is 68.7 Å². The molecule has 1 unspecified atom stereocenters. The van der Waals surface area contributed by atoms with Gasteiger partial charge < -0.3 is 14.6 Å². The highest BCUT2D eigenvalue weighted by Crippen LogP contribution is 2.60. The summed E-state index contributed by atoms with van der Waals surface area (Å²) in [6.07, 6.45) is 12.1. The summed E-state index contributed by atoms with van der Waals surface area (Å²) in [5.41, 5.74) is 2.88. The lowest BCUT2D eigenvalue weighted by molar-refractivity contribution is -0.118. The number of Topliss-reactive ketones (excluding diaryl/α,β-unsaturated/α-hetero) is 1. The Morgan fingerprint density at radius 3 is 2.94 bits per heavy atom. The predicted molar refractivity (Wildman–Crippen MR) is 125 cm³/mol. The Labute approximate surface area is 193 Å². The summed E-state index contributed by atoms with van der Waals surface area (Å²) in [5.74, 6) is 1.20. The van der Waals surface area contributed by atoms with E-state index in [-0.39, 0.29) is 47.8 Å². The van der Waals surface area contributed by atoms with Gasteiger partial charge in [0, 0.05) is 61.6 Å². The third kappa shape index (κ3) is 3.13. The monoisotopic (exact) mass is 443 g/mol. The summed E-state index contributed by atoms with van der Waals surface area (Å²) < 4.78 is 12.6. The third-order valence-corrected chi connectivity index (χ3v) is 8.37. The highest BCUT2D eigenvalue weighted by Gasteiger charge is 2.57. The molecule has 2 aromatic rings. The number of aliphatic hydroxyl groups is 1. The van der Waals surface area contributed by atoms with Crippen LogP contribution in [-0.2, 0) is 14.3 Å². The molecule has 1 fully saturated rings. The summed E-state index contributed by atoms with van der Waals surface area (Å²) in [4.78, 5) is 17.0. The number of ketones is 1. The Bertz CT molecular complexity index is 1230. The standard InChI is InChI=1S/C28H29NO4/c1-28-7-5-19-12-21-23(31)9-16(15-30)10-24(21)33-27(19)22(28)13-25(32-2)26(28)18-4-3-17-6-8-29-14-20(17)11-18/h3-8,11-12,14,16,22,25-27,30H,9-10,13,15H2,1-2H3/t16?,22-,25+,26-,27+,28-/m0/s1. The van der Waals surface area contributed by atoms with Crippen LogP contribution in [-0.4, -0.2) is 41.8 Å². The lowest BCUT2D eigenvalue weighted by atomic mass is 9.64. The number of fused-ring (bicyclic) bond motifs is 4. The largest absolute Gasteiger partial charge is 0.489 e. The van der Waals surface area contributed by atoms with Gasteiger partial charge in [-0.1, -0.05) is 31.2 Å². The second-order valence-corrected chi connectivity index (χ2v) is 10.2. The average molecular weight is 444 g/mol. The lowest BCUT2D eigenvalue weighted by Crippen LogP contribution is -2.41. The average Bonchev–Trinajstić information content (AvgIpc) is 3.15. The zero-order valence-electron chi connectivity index (χ0n) is 19.0. The van der Waals surface area contributed by atoms with Gasteiger partial charge in [0.2, 0.25) is 0 Å². The first-order valence-corrected chi connectivity index (χ1v) is 11.8. The van der Waals surface area contributed by atoms with Crippen molar-refractivity contribution in [2.24, 2.45) is 17.3 Å². The van der Waals surface area contributed by atoms with E-state index in [9.17, 15) is 9.90 Å². The van der Waals surface area contributed by atoms with Crippen LogP contribution < -0.4 is 0 Å². The van der Waals surface area contributed by atoms with Crippen LogP contribution in [0, 0.1) is 17.3 Å². The number of carbonyl (C=O) groups excluding carboxylic acids is 1. The van der Waals surface area contributed by atoms with Crippen LogP contribution in [0.5, 0.6) is 0 Å². The van der Waals surface area contributed by atoms with Gasteiger partial charge in [0.1, 0.15) is 11.9 Å². The third-order valence-electron chi connectivity index (χ3n) is 8.37. The van der Waals surface area contributed by atoms with Crippen molar-refractivity contribution in [1.82, 2.24) is 4.98 Å². The Balaban J connectivity index is 1.40. The van der Waals surface area contributed by atoms with Crippen LogP contribution in [0.3, 0.4) is 0 Å². The van der Waals surface area contributed by atoms with Crippen LogP contribution in [0.4, 0.5) is 0 Å². The number of rotatable bonds is 3. The fourth-order valence-corrected chi connectivity index (χ4v) is 6.63. The van der Waals surface area contributed by atoms with Crippen molar-refractivity contribution in [3.05, 3.63) is 77.4 Å². The molecule has 2 heterocycles. The van der Waals surface area contributed by atoms with E-state index in [1.54, 1.807) is 7.11 Å². The number of aromatic nitrogens is 1. The maximum atomic E-state index is 12.7. The Morgan fingerprint density at radius 2 is 2.12 bits per heavy atom. The first kappa shape index (κ1) is 20.8. The van der Waals surface area contributed by atoms with E-state index < -0.39 is 0 Å². The van der Waals surface area contributed by atoms with Crippen LogP contribution in [0.15, 0.2) is 71.8 Å². The quantitative estimate of drug-likeness (QED) is 0.758. The van der Waals surface area contributed by atoms with Crippen molar-refractivity contribution in [3.63, 3.8) is 0 Å². The van der Waals surface area contributed by atoms with Crippen LogP contribution in [0.1, 0.15) is 37.7 Å². The minimum Gasteiger partial charge on any atom is -0.489 e. The maximum Gasteiger partial charge on any atom is 0.166 e. The van der Waals surface area contributed by atoms with Gasteiger partial charge in [-0.05, 0) is 47.1 Å². The smallest absolute Gasteiger partial charge is 0.166 e. The molecule has 5 heteroatoms. The summed E-state index contributed by atoms with van der Waals surface area (Å²) in [6, 6.07) is 8.68. The van der Waals surface area contributed by atoms with Crippen LogP contribution in [0.2, 0.25) is 0 Å². The molecule has 1 saturated carbocycles. The van der Waals surface area contributed by atoms with Crippen molar-refractivity contribution in [2.75, 3.05) is 13.7 Å². The number of hydrogen-bond donors (Lipinski definition) is 1. The summed E-state index contributed by atoms with van der Waals surface area (Å²) in [6.45, 7) is 2.33. The van der Waals surface area contributed by atoms with Crippen molar-refractivity contribution in [2.45, 2.75) is 44.3 Å². The van der Waals surface area contributed by atoms with Gasteiger partial charge in [-0.15, -0.1) is 0 Å². The van der Waals surface area contributed by atoms with Crippen molar-refractivity contribution in [3.8, 4) is 0 Å². The Morgan fingerprint density at radius 1 is 1.24 bits per heavy atom. The highest BCUT2D eigenvalue weighted by atomic mass is 16.5. The number of methoxy groups -OCH3 is 1. The van der Waals surface area contributed by atoms with E-state index in [1.807, 2.05) is 24.5 Å². The van der Waals surface area contributed by atoms with Gasteiger partial charge in [0.05, 0.1) is 11.7 Å². The summed E-state index contributed by atoms with van der Waals surface area (Å²) in [5, 5.41) is 12.0. The maximum absolute atomic E-state index is 12.7. The van der Waals surface area contributed by atoms with E-state index in [1.165, 1.54) is 10.9 Å². The molecule has 6 rings (SSSR count). The SMILES string of the molecule is CO[C@@H]1C[C@H]2[C@@H]3OC4=C(C=C3C=C[C@]2(C)[C@H]1c1ccc2ccncc2c1)C(=O)CC(CO)C4. The number of allylic oxidation sites excluding steroid dienone is 4. The number of pyridine rings is 1. The van der Waals surface area contributed by atoms with E-state index in [0.717, 1.165) is 23.1 Å². The molecule has 0 amide bonds. The molecule has 1 N–H and O–H groups in total. The van der Waals surface area contributed by atoms with Crippen LogP contribution >= 0.6 is 0 Å².